The fourth-order valence-corrected chi connectivity index (χ4v) is 3.06. The van der Waals surface area contributed by atoms with Gasteiger partial charge in [0.25, 0.3) is 0 Å². The lowest BCUT2D eigenvalue weighted by Crippen LogP contribution is -2.13. The van der Waals surface area contributed by atoms with Crippen LogP contribution >= 0.6 is 0 Å². The Morgan fingerprint density at radius 3 is 2.00 bits per heavy atom. The molecule has 0 fully saturated rings. The summed E-state index contributed by atoms with van der Waals surface area (Å²) >= 11 is 0. The van der Waals surface area contributed by atoms with E-state index in [1.54, 1.807) is 19.1 Å². The van der Waals surface area contributed by atoms with E-state index in [-0.39, 0.29) is 36.0 Å². The highest BCUT2D eigenvalue weighted by molar-refractivity contribution is 6.15. The molecule has 4 heteroatoms. The van der Waals surface area contributed by atoms with Gasteiger partial charge in [-0.25, -0.2) is 0 Å². The van der Waals surface area contributed by atoms with Crippen LogP contribution in [0.4, 0.5) is 0 Å². The van der Waals surface area contributed by atoms with Gasteiger partial charge in [0.15, 0.2) is 11.6 Å². The SMILES string of the molecule is CC(=O)CC(=O)c1ccc(-c2cccc(C)c2)c(C(=O)CC(C)=O)c1C. The van der Waals surface area contributed by atoms with Crippen LogP contribution in [0.5, 0.6) is 0 Å². The number of benzene rings is 2. The van der Waals surface area contributed by atoms with E-state index in [1.807, 2.05) is 31.2 Å². The highest BCUT2D eigenvalue weighted by Crippen LogP contribution is 2.30. The predicted octanol–water partition coefficient (Wildman–Crippen LogP) is 4.29. The maximum atomic E-state index is 12.8. The molecule has 2 aromatic carbocycles. The lowest BCUT2D eigenvalue weighted by Gasteiger charge is -2.15. The van der Waals surface area contributed by atoms with Crippen LogP contribution in [-0.4, -0.2) is 23.1 Å². The lowest BCUT2D eigenvalue weighted by molar-refractivity contribution is -0.117. The van der Waals surface area contributed by atoms with Crippen LogP contribution < -0.4 is 0 Å². The summed E-state index contributed by atoms with van der Waals surface area (Å²) in [4.78, 5) is 47.9. The van der Waals surface area contributed by atoms with Crippen LogP contribution in [0.2, 0.25) is 0 Å². The van der Waals surface area contributed by atoms with E-state index in [1.165, 1.54) is 13.8 Å². The predicted molar refractivity (Wildman–Crippen MR) is 101 cm³/mol. The quantitative estimate of drug-likeness (QED) is 0.552. The number of aryl methyl sites for hydroxylation is 1. The molecule has 0 saturated heterocycles. The van der Waals surface area contributed by atoms with Crippen LogP contribution in [0.1, 0.15) is 58.5 Å². The first-order valence-corrected chi connectivity index (χ1v) is 8.46. The van der Waals surface area contributed by atoms with E-state index in [0.29, 0.717) is 22.3 Å². The molecule has 2 aromatic rings. The highest BCUT2D eigenvalue weighted by atomic mass is 16.2. The first kappa shape index (κ1) is 19.4. The molecule has 0 aliphatic heterocycles. The van der Waals surface area contributed by atoms with Crippen LogP contribution in [0.3, 0.4) is 0 Å². The normalized spacial score (nSPS) is 10.5. The van der Waals surface area contributed by atoms with Crippen molar-refractivity contribution in [2.45, 2.75) is 40.5 Å². The minimum Gasteiger partial charge on any atom is -0.300 e. The van der Waals surface area contributed by atoms with Crippen molar-refractivity contribution in [3.05, 3.63) is 58.7 Å². The van der Waals surface area contributed by atoms with E-state index < -0.39 is 0 Å². The van der Waals surface area contributed by atoms with Crippen molar-refractivity contribution in [1.29, 1.82) is 0 Å². The summed E-state index contributed by atoms with van der Waals surface area (Å²) in [6, 6.07) is 11.1. The third-order valence-electron chi connectivity index (χ3n) is 4.19. The molecule has 0 aliphatic rings. The molecule has 134 valence electrons. The van der Waals surface area contributed by atoms with Crippen LogP contribution in [0.25, 0.3) is 11.1 Å². The average molecular weight is 350 g/mol. The van der Waals surface area contributed by atoms with Gasteiger partial charge < -0.3 is 0 Å². The summed E-state index contributed by atoms with van der Waals surface area (Å²) < 4.78 is 0. The summed E-state index contributed by atoms with van der Waals surface area (Å²) in [7, 11) is 0. The van der Waals surface area contributed by atoms with Crippen LogP contribution in [0, 0.1) is 13.8 Å². The van der Waals surface area contributed by atoms with Gasteiger partial charge in [-0.15, -0.1) is 0 Å². The molecule has 0 bridgehead atoms. The van der Waals surface area contributed by atoms with Gasteiger partial charge in [0, 0.05) is 11.1 Å². The van der Waals surface area contributed by atoms with Gasteiger partial charge in [-0.3, -0.25) is 19.2 Å². The fraction of sp³-hybridized carbons (Fsp3) is 0.273. The molecule has 0 aromatic heterocycles. The van der Waals surface area contributed by atoms with Crippen molar-refractivity contribution in [3.63, 3.8) is 0 Å². The molecule has 0 heterocycles. The van der Waals surface area contributed by atoms with E-state index in [4.69, 9.17) is 0 Å². The molecule has 0 saturated carbocycles. The fourth-order valence-electron chi connectivity index (χ4n) is 3.06. The molecule has 26 heavy (non-hydrogen) atoms. The molecule has 0 N–H and O–H groups in total. The monoisotopic (exact) mass is 350 g/mol. The number of Topliss-reactive ketones (excluding diaryl/α,β-unsaturated/α-hetero) is 4. The first-order valence-electron chi connectivity index (χ1n) is 8.46. The summed E-state index contributed by atoms with van der Waals surface area (Å²) in [6.07, 6.45) is -0.422. The highest BCUT2D eigenvalue weighted by Gasteiger charge is 2.22. The average Bonchev–Trinajstić information content (AvgIpc) is 2.52. The second-order valence-electron chi connectivity index (χ2n) is 6.63. The second kappa shape index (κ2) is 8.00. The van der Waals surface area contributed by atoms with Gasteiger partial charge in [0.2, 0.25) is 0 Å². The van der Waals surface area contributed by atoms with Crippen molar-refractivity contribution < 1.29 is 19.2 Å². The van der Waals surface area contributed by atoms with Gasteiger partial charge in [-0.1, -0.05) is 42.0 Å². The molecule has 0 amide bonds. The van der Waals surface area contributed by atoms with Crippen molar-refractivity contribution >= 4 is 23.1 Å². The van der Waals surface area contributed by atoms with E-state index in [9.17, 15) is 19.2 Å². The van der Waals surface area contributed by atoms with Gasteiger partial charge in [-0.2, -0.15) is 0 Å². The van der Waals surface area contributed by atoms with E-state index in [2.05, 4.69) is 0 Å². The van der Waals surface area contributed by atoms with Gasteiger partial charge >= 0.3 is 0 Å². The molecule has 0 aliphatic carbocycles. The first-order chi connectivity index (χ1) is 12.2. The van der Waals surface area contributed by atoms with Gasteiger partial charge in [-0.05, 0) is 44.4 Å². The standard InChI is InChI=1S/C22H22O4/c1-13-6-5-7-17(10-13)19-9-8-18(20(25)11-14(2)23)16(4)22(19)21(26)12-15(3)24/h5-10H,11-12H2,1-4H3. The number of ketones is 4. The van der Waals surface area contributed by atoms with Crippen molar-refractivity contribution in [2.24, 2.45) is 0 Å². The molecule has 0 unspecified atom stereocenters. The Balaban J connectivity index is 2.67. The van der Waals surface area contributed by atoms with Crippen molar-refractivity contribution in [3.8, 4) is 11.1 Å². The third kappa shape index (κ3) is 4.39. The summed E-state index contributed by atoms with van der Waals surface area (Å²) in [6.45, 7) is 6.37. The minimum atomic E-state index is -0.317. The zero-order valence-corrected chi connectivity index (χ0v) is 15.5. The zero-order valence-electron chi connectivity index (χ0n) is 15.5. The number of hydrogen-bond donors (Lipinski definition) is 0. The zero-order chi connectivity index (χ0) is 19.4. The molecule has 0 radical (unpaired) electrons. The smallest absolute Gasteiger partial charge is 0.171 e. The Hall–Kier alpha value is -2.88. The summed E-state index contributed by atoms with van der Waals surface area (Å²) in [5, 5.41) is 0. The molecular weight excluding hydrogens is 328 g/mol. The minimum absolute atomic E-state index is 0.203. The lowest BCUT2D eigenvalue weighted by atomic mass is 9.87. The third-order valence-corrected chi connectivity index (χ3v) is 4.19. The maximum absolute atomic E-state index is 12.8. The Bertz CT molecular complexity index is 906. The molecule has 0 spiro atoms. The van der Waals surface area contributed by atoms with Crippen molar-refractivity contribution in [1.82, 2.24) is 0 Å². The Labute approximate surface area is 153 Å². The maximum Gasteiger partial charge on any atom is 0.171 e. The van der Waals surface area contributed by atoms with E-state index >= 15 is 0 Å². The second-order valence-corrected chi connectivity index (χ2v) is 6.63. The molecule has 4 nitrogen and oxygen atoms in total. The van der Waals surface area contributed by atoms with Crippen molar-refractivity contribution in [2.75, 3.05) is 0 Å². The molecule has 2 rings (SSSR count). The van der Waals surface area contributed by atoms with E-state index in [0.717, 1.165) is 11.1 Å². The Morgan fingerprint density at radius 1 is 0.808 bits per heavy atom. The number of hydrogen-bond acceptors (Lipinski definition) is 4. The summed E-state index contributed by atoms with van der Waals surface area (Å²) in [5.41, 5.74) is 3.83. The number of carbonyl (C=O) groups is 4. The topological polar surface area (TPSA) is 68.3 Å². The van der Waals surface area contributed by atoms with Gasteiger partial charge in [0.05, 0.1) is 12.8 Å². The molecule has 0 atom stereocenters. The largest absolute Gasteiger partial charge is 0.300 e. The Morgan fingerprint density at radius 2 is 1.42 bits per heavy atom. The number of carbonyl (C=O) groups excluding carboxylic acids is 4. The Kier molecular flexibility index (Phi) is 5.98. The van der Waals surface area contributed by atoms with Crippen LogP contribution in [0.15, 0.2) is 36.4 Å². The molecular formula is C22H22O4. The number of rotatable bonds is 7. The van der Waals surface area contributed by atoms with Crippen LogP contribution in [-0.2, 0) is 9.59 Å². The van der Waals surface area contributed by atoms with Gasteiger partial charge in [0.1, 0.15) is 11.6 Å². The summed E-state index contributed by atoms with van der Waals surface area (Å²) in [5.74, 6) is -1.09.